The van der Waals surface area contributed by atoms with E-state index in [0.717, 1.165) is 36.6 Å². The lowest BCUT2D eigenvalue weighted by Crippen LogP contribution is -2.33. The highest BCUT2D eigenvalue weighted by atomic mass is 19.2. The van der Waals surface area contributed by atoms with Crippen molar-refractivity contribution in [3.63, 3.8) is 0 Å². The van der Waals surface area contributed by atoms with Crippen LogP contribution in [0.3, 0.4) is 0 Å². The second-order valence-corrected chi connectivity index (χ2v) is 5.51. The summed E-state index contributed by atoms with van der Waals surface area (Å²) in [5.74, 6) is -5.49. The molecule has 0 radical (unpaired) electrons. The van der Waals surface area contributed by atoms with Crippen LogP contribution >= 0.6 is 0 Å². The molecule has 0 aliphatic heterocycles. The van der Waals surface area contributed by atoms with Crippen molar-refractivity contribution in [2.45, 2.75) is 25.8 Å². The highest BCUT2D eigenvalue weighted by molar-refractivity contribution is 5.94. The number of halogens is 3. The molecule has 0 unspecified atom stereocenters. The number of amides is 1. The van der Waals surface area contributed by atoms with Gasteiger partial charge in [-0.05, 0) is 37.0 Å². The molecule has 0 bridgehead atoms. The monoisotopic (exact) mass is 337 g/mol. The maximum atomic E-state index is 13.5. The zero-order valence-electron chi connectivity index (χ0n) is 12.6. The van der Waals surface area contributed by atoms with Gasteiger partial charge in [0.2, 0.25) is 0 Å². The van der Waals surface area contributed by atoms with Crippen LogP contribution in [0, 0.1) is 17.5 Å². The van der Waals surface area contributed by atoms with Crippen LogP contribution < -0.4 is 10.9 Å². The molecule has 126 valence electrons. The molecule has 1 aliphatic rings. The third kappa shape index (κ3) is 3.04. The third-order valence-electron chi connectivity index (χ3n) is 3.91. The number of benzene rings is 1. The maximum Gasteiger partial charge on any atom is 0.267 e. The van der Waals surface area contributed by atoms with Crippen LogP contribution in [0.5, 0.6) is 0 Å². The molecule has 1 aliphatic carbocycles. The van der Waals surface area contributed by atoms with Gasteiger partial charge in [-0.3, -0.25) is 9.59 Å². The molecule has 1 aromatic heterocycles. The maximum absolute atomic E-state index is 13.5. The molecular weight excluding hydrogens is 323 g/mol. The molecule has 8 heteroatoms. The number of carbonyl (C=O) groups excluding carboxylic acids is 1. The number of aromatic nitrogens is 2. The van der Waals surface area contributed by atoms with Crippen LogP contribution in [0.25, 0.3) is 0 Å². The lowest BCUT2D eigenvalue weighted by atomic mass is 10.2. The van der Waals surface area contributed by atoms with E-state index < -0.39 is 28.9 Å². The van der Waals surface area contributed by atoms with Crippen molar-refractivity contribution < 1.29 is 18.0 Å². The Morgan fingerprint density at radius 3 is 2.79 bits per heavy atom. The Kier molecular flexibility index (Phi) is 4.37. The van der Waals surface area contributed by atoms with E-state index in [9.17, 15) is 22.8 Å². The molecule has 0 fully saturated rings. The van der Waals surface area contributed by atoms with Crippen molar-refractivity contribution in [1.29, 1.82) is 0 Å². The summed E-state index contributed by atoms with van der Waals surface area (Å²) < 4.78 is 40.8. The summed E-state index contributed by atoms with van der Waals surface area (Å²) in [6.07, 6.45) is 2.60. The smallest absolute Gasteiger partial charge is 0.267 e. The van der Waals surface area contributed by atoms with Gasteiger partial charge in [0.25, 0.3) is 11.5 Å². The number of hydrogen-bond donors (Lipinski definition) is 1. The van der Waals surface area contributed by atoms with E-state index in [2.05, 4.69) is 10.4 Å². The zero-order chi connectivity index (χ0) is 17.3. The Bertz CT molecular complexity index is 864. The Balaban J connectivity index is 1.66. The molecule has 24 heavy (non-hydrogen) atoms. The fraction of sp³-hybridized carbons (Fsp3) is 0.312. The zero-order valence-corrected chi connectivity index (χ0v) is 12.6. The molecule has 0 saturated heterocycles. The van der Waals surface area contributed by atoms with Crippen molar-refractivity contribution in [2.24, 2.45) is 0 Å². The van der Waals surface area contributed by atoms with Crippen LogP contribution in [0.4, 0.5) is 13.2 Å². The first kappa shape index (κ1) is 16.2. The number of carbonyl (C=O) groups is 1. The molecular formula is C16H14F3N3O2. The van der Waals surface area contributed by atoms with Gasteiger partial charge in [-0.2, -0.15) is 5.10 Å². The molecule has 5 nitrogen and oxygen atoms in total. The molecule has 1 aromatic carbocycles. The SMILES string of the molecule is O=C(NCCn1nc2c(cc1=O)CCC2)c1ccc(F)c(F)c1F. The third-order valence-corrected chi connectivity index (χ3v) is 3.91. The number of nitrogens with one attached hydrogen (secondary N) is 1. The van der Waals surface area contributed by atoms with E-state index in [4.69, 9.17) is 0 Å². The Morgan fingerprint density at radius 2 is 2.00 bits per heavy atom. The summed E-state index contributed by atoms with van der Waals surface area (Å²) in [6, 6.07) is 3.08. The predicted molar refractivity (Wildman–Crippen MR) is 79.2 cm³/mol. The highest BCUT2D eigenvalue weighted by Gasteiger charge is 2.19. The van der Waals surface area contributed by atoms with Gasteiger partial charge in [-0.25, -0.2) is 17.9 Å². The first-order valence-corrected chi connectivity index (χ1v) is 7.49. The average molecular weight is 337 g/mol. The second-order valence-electron chi connectivity index (χ2n) is 5.51. The average Bonchev–Trinajstić information content (AvgIpc) is 2.99. The summed E-state index contributed by atoms with van der Waals surface area (Å²) in [4.78, 5) is 23.7. The van der Waals surface area contributed by atoms with Crippen molar-refractivity contribution in [3.05, 3.63) is 62.8 Å². The van der Waals surface area contributed by atoms with Crippen LogP contribution in [0.2, 0.25) is 0 Å². The topological polar surface area (TPSA) is 64.0 Å². The van der Waals surface area contributed by atoms with Crippen LogP contribution in [-0.4, -0.2) is 22.2 Å². The number of fused-ring (bicyclic) bond motifs is 1. The summed E-state index contributed by atoms with van der Waals surface area (Å²) in [5.41, 5.74) is 0.948. The summed E-state index contributed by atoms with van der Waals surface area (Å²) >= 11 is 0. The summed E-state index contributed by atoms with van der Waals surface area (Å²) in [7, 11) is 0. The van der Waals surface area contributed by atoms with Gasteiger partial charge in [-0.1, -0.05) is 0 Å². The standard InChI is InChI=1S/C16H14F3N3O2/c17-11-5-4-10(14(18)15(11)19)16(24)20-6-7-22-13(23)8-9-2-1-3-12(9)21-22/h4-5,8H,1-3,6-7H2,(H,20,24). The lowest BCUT2D eigenvalue weighted by molar-refractivity contribution is 0.0946. The van der Waals surface area contributed by atoms with E-state index >= 15 is 0 Å². The summed E-state index contributed by atoms with van der Waals surface area (Å²) in [6.45, 7) is 0.103. The summed E-state index contributed by atoms with van der Waals surface area (Å²) in [5, 5.41) is 6.60. The molecule has 1 N–H and O–H groups in total. The van der Waals surface area contributed by atoms with Crippen molar-refractivity contribution in [2.75, 3.05) is 6.54 Å². The molecule has 1 amide bonds. The van der Waals surface area contributed by atoms with Crippen molar-refractivity contribution >= 4 is 5.91 Å². The molecule has 0 saturated carbocycles. The van der Waals surface area contributed by atoms with Crippen LogP contribution in [0.1, 0.15) is 28.0 Å². The number of hydrogen-bond acceptors (Lipinski definition) is 3. The van der Waals surface area contributed by atoms with Crippen LogP contribution in [-0.2, 0) is 19.4 Å². The van der Waals surface area contributed by atoms with E-state index in [1.54, 1.807) is 0 Å². The Morgan fingerprint density at radius 1 is 1.21 bits per heavy atom. The van der Waals surface area contributed by atoms with Crippen LogP contribution in [0.15, 0.2) is 23.0 Å². The number of rotatable bonds is 4. The van der Waals surface area contributed by atoms with Gasteiger partial charge in [0.05, 0.1) is 17.8 Å². The van der Waals surface area contributed by atoms with Crippen molar-refractivity contribution in [1.82, 2.24) is 15.1 Å². The normalized spacial score (nSPS) is 13.0. The van der Waals surface area contributed by atoms with E-state index in [1.807, 2.05) is 0 Å². The molecule has 2 aromatic rings. The number of nitrogens with zero attached hydrogens (tertiary/aromatic N) is 2. The Labute approximate surface area is 135 Å². The van der Waals surface area contributed by atoms with Gasteiger partial charge in [0, 0.05) is 12.6 Å². The van der Waals surface area contributed by atoms with Gasteiger partial charge in [0.15, 0.2) is 17.5 Å². The van der Waals surface area contributed by atoms with E-state index in [-0.39, 0.29) is 18.6 Å². The van der Waals surface area contributed by atoms with Gasteiger partial charge >= 0.3 is 0 Å². The van der Waals surface area contributed by atoms with E-state index in [1.165, 1.54) is 10.7 Å². The second kappa shape index (κ2) is 6.46. The lowest BCUT2D eigenvalue weighted by Gasteiger charge is -2.09. The first-order valence-electron chi connectivity index (χ1n) is 7.49. The van der Waals surface area contributed by atoms with Gasteiger partial charge in [0.1, 0.15) is 0 Å². The van der Waals surface area contributed by atoms with Gasteiger partial charge in [-0.15, -0.1) is 0 Å². The van der Waals surface area contributed by atoms with Gasteiger partial charge < -0.3 is 5.32 Å². The largest absolute Gasteiger partial charge is 0.350 e. The fourth-order valence-electron chi connectivity index (χ4n) is 2.67. The first-order chi connectivity index (χ1) is 11.5. The van der Waals surface area contributed by atoms with E-state index in [0.29, 0.717) is 6.07 Å². The minimum absolute atomic E-state index is 0.00294. The molecule has 1 heterocycles. The quantitative estimate of drug-likeness (QED) is 0.862. The fourth-order valence-corrected chi connectivity index (χ4v) is 2.67. The minimum Gasteiger partial charge on any atom is -0.350 e. The highest BCUT2D eigenvalue weighted by Crippen LogP contribution is 2.17. The Hall–Kier alpha value is -2.64. The van der Waals surface area contributed by atoms with Crippen molar-refractivity contribution in [3.8, 4) is 0 Å². The predicted octanol–water partition coefficient (Wildman–Crippen LogP) is 1.58. The molecule has 0 spiro atoms. The molecule has 3 rings (SSSR count). The molecule has 0 atom stereocenters. The number of aryl methyl sites for hydroxylation is 2. The minimum atomic E-state index is -1.70.